The topological polar surface area (TPSA) is 87.7 Å². The normalized spacial score (nSPS) is 19.3. The van der Waals surface area contributed by atoms with Crippen LogP contribution in [0, 0.1) is 5.92 Å². The maximum atomic E-state index is 12.9. The summed E-state index contributed by atoms with van der Waals surface area (Å²) in [5.41, 5.74) is 0.328. The van der Waals surface area contributed by atoms with Gasteiger partial charge >= 0.3 is 0 Å². The fraction of sp³-hybridized carbons (Fsp3) is 0.650. The summed E-state index contributed by atoms with van der Waals surface area (Å²) in [5, 5.41) is 3.01. The van der Waals surface area contributed by atoms with Gasteiger partial charge in [0.05, 0.1) is 23.7 Å². The molecule has 1 aromatic carbocycles. The molecule has 0 bridgehead atoms. The number of hydrogen-bond acceptors (Lipinski definition) is 5. The molecule has 1 atom stereocenters. The Bertz CT molecular complexity index is 821. The molecule has 2 fully saturated rings. The van der Waals surface area contributed by atoms with Crippen LogP contribution in [0.2, 0.25) is 0 Å². The monoisotopic (exact) mass is 487 g/mol. The summed E-state index contributed by atoms with van der Waals surface area (Å²) in [6, 6.07) is 4.82. The van der Waals surface area contributed by atoms with Gasteiger partial charge < -0.3 is 10.1 Å². The number of carbonyl (C=O) groups is 1. The zero-order chi connectivity index (χ0) is 21.0. The first-order chi connectivity index (χ1) is 13.8. The molecule has 0 aromatic heterocycles. The van der Waals surface area contributed by atoms with E-state index in [9.17, 15) is 13.2 Å². The number of ether oxygens (including phenoxy) is 1. The van der Waals surface area contributed by atoms with Crippen LogP contribution in [-0.4, -0.2) is 64.2 Å². The molecule has 1 saturated carbocycles. The molecule has 2 aliphatic rings. The minimum atomic E-state index is -3.61. The summed E-state index contributed by atoms with van der Waals surface area (Å²) in [6.45, 7) is 8.00. The predicted octanol–water partition coefficient (Wildman–Crippen LogP) is 2.37. The lowest BCUT2D eigenvalue weighted by atomic mass is 10.0. The zero-order valence-corrected chi connectivity index (χ0v) is 19.4. The van der Waals surface area contributed by atoms with Gasteiger partial charge in [-0.2, -0.15) is 0 Å². The van der Waals surface area contributed by atoms with Crippen molar-refractivity contribution in [3.63, 3.8) is 0 Å². The summed E-state index contributed by atoms with van der Waals surface area (Å²) in [4.78, 5) is 15.3. The largest absolute Gasteiger partial charge is 0.379 e. The van der Waals surface area contributed by atoms with Gasteiger partial charge in [0.15, 0.2) is 0 Å². The first-order valence-corrected chi connectivity index (χ1v) is 12.5. The van der Waals surface area contributed by atoms with Crippen LogP contribution >= 0.6 is 15.9 Å². The average molecular weight is 488 g/mol. The Morgan fingerprint density at radius 3 is 2.59 bits per heavy atom. The first-order valence-electron chi connectivity index (χ1n) is 10.2. The van der Waals surface area contributed by atoms with Crippen LogP contribution in [0.3, 0.4) is 0 Å². The second-order valence-corrected chi connectivity index (χ2v) is 10.7. The number of nitrogens with one attached hydrogen (secondary N) is 2. The van der Waals surface area contributed by atoms with Gasteiger partial charge in [0.1, 0.15) is 0 Å². The molecule has 162 valence electrons. The van der Waals surface area contributed by atoms with Crippen LogP contribution in [0.1, 0.15) is 43.5 Å². The second-order valence-electron chi connectivity index (χ2n) is 8.18. The Morgan fingerprint density at radius 1 is 1.28 bits per heavy atom. The third-order valence-corrected chi connectivity index (χ3v) is 7.41. The van der Waals surface area contributed by atoms with Gasteiger partial charge in [-0.1, -0.05) is 13.8 Å². The lowest BCUT2D eigenvalue weighted by Gasteiger charge is -2.35. The maximum Gasteiger partial charge on any atom is 0.252 e. The van der Waals surface area contributed by atoms with Crippen LogP contribution in [0.25, 0.3) is 0 Å². The molecule has 1 saturated heterocycles. The number of benzene rings is 1. The Labute approximate surface area is 181 Å². The fourth-order valence-corrected chi connectivity index (χ4v) is 5.25. The number of carbonyl (C=O) groups excluding carboxylic acids is 1. The van der Waals surface area contributed by atoms with Gasteiger partial charge in [0.2, 0.25) is 10.0 Å². The third-order valence-electron chi connectivity index (χ3n) is 5.20. The minimum Gasteiger partial charge on any atom is -0.379 e. The molecule has 1 heterocycles. The molecular formula is C20H30BrN3O4S. The molecule has 2 N–H and O–H groups in total. The van der Waals surface area contributed by atoms with Crippen LogP contribution < -0.4 is 10.0 Å². The van der Waals surface area contributed by atoms with E-state index in [2.05, 4.69) is 44.7 Å². The number of nitrogens with zero attached hydrogens (tertiary/aromatic N) is 1. The van der Waals surface area contributed by atoms with Crippen LogP contribution in [0.4, 0.5) is 0 Å². The average Bonchev–Trinajstić information content (AvgIpc) is 3.48. The molecule has 1 aliphatic carbocycles. The van der Waals surface area contributed by atoms with E-state index >= 15 is 0 Å². The summed E-state index contributed by atoms with van der Waals surface area (Å²) < 4.78 is 33.6. The number of halogens is 1. The van der Waals surface area contributed by atoms with Crippen LogP contribution in [-0.2, 0) is 14.8 Å². The van der Waals surface area contributed by atoms with E-state index in [1.54, 1.807) is 6.07 Å². The summed E-state index contributed by atoms with van der Waals surface area (Å²) in [5.74, 6) is 0.232. The SMILES string of the molecule is CC(C)CC(CNC(=O)c1cc(S(=O)(=O)NC2CC2)ccc1Br)N1CCOCC1. The van der Waals surface area contributed by atoms with Gasteiger partial charge in [-0.3, -0.25) is 9.69 Å². The predicted molar refractivity (Wildman–Crippen MR) is 115 cm³/mol. The van der Waals surface area contributed by atoms with Crippen molar-refractivity contribution in [1.82, 2.24) is 14.9 Å². The highest BCUT2D eigenvalue weighted by molar-refractivity contribution is 9.10. The Kier molecular flexibility index (Phi) is 7.72. The number of rotatable bonds is 9. The molecule has 29 heavy (non-hydrogen) atoms. The number of hydrogen-bond donors (Lipinski definition) is 2. The molecule has 7 nitrogen and oxygen atoms in total. The van der Waals surface area contributed by atoms with Gasteiger partial charge in [-0.25, -0.2) is 13.1 Å². The maximum absolute atomic E-state index is 12.9. The van der Waals surface area contributed by atoms with E-state index in [0.29, 0.717) is 35.7 Å². The van der Waals surface area contributed by atoms with E-state index in [0.717, 1.165) is 32.4 Å². The lowest BCUT2D eigenvalue weighted by Crippen LogP contribution is -2.49. The van der Waals surface area contributed by atoms with Gasteiger partial charge in [-0.15, -0.1) is 0 Å². The van der Waals surface area contributed by atoms with E-state index < -0.39 is 10.0 Å². The van der Waals surface area contributed by atoms with E-state index in [1.165, 1.54) is 12.1 Å². The second kappa shape index (κ2) is 9.87. The molecular weight excluding hydrogens is 458 g/mol. The van der Waals surface area contributed by atoms with Gasteiger partial charge in [0, 0.05) is 36.2 Å². The standard InChI is InChI=1S/C20H30BrN3O4S/c1-14(2)11-16(24-7-9-28-10-8-24)13-22-20(25)18-12-17(5-6-19(18)21)29(26,27)23-15-3-4-15/h5-6,12,14-16,23H,3-4,7-11,13H2,1-2H3,(H,22,25). The van der Waals surface area contributed by atoms with E-state index in [4.69, 9.17) is 4.74 Å². The van der Waals surface area contributed by atoms with Crippen molar-refractivity contribution in [2.45, 2.75) is 50.1 Å². The number of amides is 1. The van der Waals surface area contributed by atoms with Crippen molar-refractivity contribution >= 4 is 31.9 Å². The lowest BCUT2D eigenvalue weighted by molar-refractivity contribution is 0.0124. The van der Waals surface area contributed by atoms with Crippen molar-refractivity contribution in [3.8, 4) is 0 Å². The molecule has 9 heteroatoms. The zero-order valence-electron chi connectivity index (χ0n) is 17.0. The summed E-state index contributed by atoms with van der Waals surface area (Å²) >= 11 is 3.38. The molecule has 1 aromatic rings. The van der Waals surface area contributed by atoms with Crippen molar-refractivity contribution in [2.24, 2.45) is 5.92 Å². The summed E-state index contributed by atoms with van der Waals surface area (Å²) in [6.07, 6.45) is 2.70. The van der Waals surface area contributed by atoms with Crippen molar-refractivity contribution < 1.29 is 17.9 Å². The number of sulfonamides is 1. The number of morpholine rings is 1. The van der Waals surface area contributed by atoms with Crippen LogP contribution in [0.5, 0.6) is 0 Å². The Balaban J connectivity index is 1.69. The molecule has 1 unspecified atom stereocenters. The van der Waals surface area contributed by atoms with Gasteiger partial charge in [0.25, 0.3) is 5.91 Å². The minimum absolute atomic E-state index is 0.0197. The van der Waals surface area contributed by atoms with E-state index in [-0.39, 0.29) is 22.9 Å². The highest BCUT2D eigenvalue weighted by atomic mass is 79.9. The Morgan fingerprint density at radius 2 is 1.97 bits per heavy atom. The quantitative estimate of drug-likeness (QED) is 0.558. The molecule has 1 amide bonds. The molecule has 3 rings (SSSR count). The third kappa shape index (κ3) is 6.49. The molecule has 0 spiro atoms. The first kappa shape index (κ1) is 22.7. The summed E-state index contributed by atoms with van der Waals surface area (Å²) in [7, 11) is -3.61. The van der Waals surface area contributed by atoms with Gasteiger partial charge in [-0.05, 0) is 59.3 Å². The molecule has 0 radical (unpaired) electrons. The smallest absolute Gasteiger partial charge is 0.252 e. The van der Waals surface area contributed by atoms with E-state index in [1.807, 2.05) is 0 Å². The van der Waals surface area contributed by atoms with Crippen molar-refractivity contribution in [2.75, 3.05) is 32.8 Å². The van der Waals surface area contributed by atoms with Crippen molar-refractivity contribution in [3.05, 3.63) is 28.2 Å². The van der Waals surface area contributed by atoms with Crippen molar-refractivity contribution in [1.29, 1.82) is 0 Å². The molecule has 1 aliphatic heterocycles. The highest BCUT2D eigenvalue weighted by Crippen LogP contribution is 2.25. The Hall–Kier alpha value is -1.00. The highest BCUT2D eigenvalue weighted by Gasteiger charge is 2.29. The van der Waals surface area contributed by atoms with Crippen LogP contribution in [0.15, 0.2) is 27.6 Å². The fourth-order valence-electron chi connectivity index (χ4n) is 3.49.